The van der Waals surface area contributed by atoms with Crippen molar-refractivity contribution in [3.05, 3.63) is 59.5 Å². The van der Waals surface area contributed by atoms with Gasteiger partial charge in [-0.2, -0.15) is 0 Å². The summed E-state index contributed by atoms with van der Waals surface area (Å²) in [5.41, 5.74) is 2.82. The average molecular weight is 481 g/mol. The lowest BCUT2D eigenvalue weighted by molar-refractivity contribution is 0.143. The second-order valence-electron chi connectivity index (χ2n) is 8.05. The molecule has 2 aliphatic heterocycles. The molecule has 2 aliphatic rings. The van der Waals surface area contributed by atoms with Crippen LogP contribution in [0.4, 0.5) is 21.0 Å². The number of nitrogens with one attached hydrogen (secondary N) is 2. The number of piperazine rings is 1. The predicted octanol–water partition coefficient (Wildman–Crippen LogP) is 4.58. The molecule has 176 valence electrons. The van der Waals surface area contributed by atoms with Crippen molar-refractivity contribution in [2.24, 2.45) is 0 Å². The molecule has 0 saturated carbocycles. The zero-order valence-corrected chi connectivity index (χ0v) is 19.1. The first-order valence-electron chi connectivity index (χ1n) is 10.9. The third kappa shape index (κ3) is 4.92. The Kier molecular flexibility index (Phi) is 6.24. The van der Waals surface area contributed by atoms with Gasteiger partial charge in [0.1, 0.15) is 0 Å². The predicted molar refractivity (Wildman–Crippen MR) is 130 cm³/mol. The van der Waals surface area contributed by atoms with Gasteiger partial charge in [0.2, 0.25) is 6.79 Å². The summed E-state index contributed by atoms with van der Waals surface area (Å²) >= 11 is 1.58. The molecular formula is C24H24N4O5S. The van der Waals surface area contributed by atoms with Crippen molar-refractivity contribution in [3.8, 4) is 21.9 Å². The highest BCUT2D eigenvalue weighted by Gasteiger charge is 2.23. The molecule has 0 atom stereocenters. The van der Waals surface area contributed by atoms with Gasteiger partial charge >= 0.3 is 12.1 Å². The molecule has 3 amide bonds. The molecule has 0 spiro atoms. The zero-order valence-electron chi connectivity index (χ0n) is 18.3. The molecule has 3 aromatic rings. The minimum atomic E-state index is -1.18. The third-order valence-electron chi connectivity index (χ3n) is 5.81. The summed E-state index contributed by atoms with van der Waals surface area (Å²) in [6.07, 6.45) is -1.18. The van der Waals surface area contributed by atoms with Gasteiger partial charge in [-0.25, -0.2) is 9.59 Å². The number of carbonyl (C=O) groups is 2. The van der Waals surface area contributed by atoms with Gasteiger partial charge in [0.25, 0.3) is 0 Å². The maximum Gasteiger partial charge on any atom is 0.409 e. The molecule has 1 saturated heterocycles. The van der Waals surface area contributed by atoms with E-state index in [9.17, 15) is 14.7 Å². The molecule has 34 heavy (non-hydrogen) atoms. The van der Waals surface area contributed by atoms with Crippen LogP contribution in [0.3, 0.4) is 0 Å². The fourth-order valence-corrected chi connectivity index (χ4v) is 4.79. The summed E-state index contributed by atoms with van der Waals surface area (Å²) in [6, 6.07) is 14.9. The van der Waals surface area contributed by atoms with Crippen LogP contribution in [0.1, 0.15) is 5.56 Å². The Labute approximate surface area is 200 Å². The molecule has 0 radical (unpaired) electrons. The van der Waals surface area contributed by atoms with E-state index < -0.39 is 6.09 Å². The molecule has 5 rings (SSSR count). The number of carboxylic acid groups (broad SMARTS) is 1. The Morgan fingerprint density at radius 3 is 2.53 bits per heavy atom. The van der Waals surface area contributed by atoms with Crippen molar-refractivity contribution in [1.29, 1.82) is 0 Å². The standard InChI is InChI=1S/C24H24N4O5S/c29-23(25-19-13-17(22-2-1-11-34-22)4-5-18(19)26-24(30)31)28-9-7-27(8-10-28)14-16-3-6-20-21(12-16)33-15-32-20/h1-6,11-13,26H,7-10,14-15H2,(H,25,29)(H,30,31). The lowest BCUT2D eigenvalue weighted by Gasteiger charge is -2.34. The lowest BCUT2D eigenvalue weighted by Crippen LogP contribution is -2.49. The highest BCUT2D eigenvalue weighted by Crippen LogP contribution is 2.33. The second-order valence-corrected chi connectivity index (χ2v) is 9.00. The van der Waals surface area contributed by atoms with E-state index in [1.165, 1.54) is 0 Å². The number of hydrogen-bond donors (Lipinski definition) is 3. The number of benzene rings is 2. The summed E-state index contributed by atoms with van der Waals surface area (Å²) in [7, 11) is 0. The van der Waals surface area contributed by atoms with Gasteiger partial charge in [0.15, 0.2) is 11.5 Å². The molecular weight excluding hydrogens is 456 g/mol. The van der Waals surface area contributed by atoms with Gasteiger partial charge in [-0.15, -0.1) is 11.3 Å². The van der Waals surface area contributed by atoms with E-state index in [0.717, 1.165) is 47.1 Å². The smallest absolute Gasteiger partial charge is 0.409 e. The van der Waals surface area contributed by atoms with Crippen LogP contribution in [0.15, 0.2) is 53.9 Å². The number of fused-ring (bicyclic) bond motifs is 1. The van der Waals surface area contributed by atoms with Crippen LogP contribution >= 0.6 is 11.3 Å². The Morgan fingerprint density at radius 1 is 0.941 bits per heavy atom. The number of ether oxygens (including phenoxy) is 2. The molecule has 0 aliphatic carbocycles. The summed E-state index contributed by atoms with van der Waals surface area (Å²) in [6.45, 7) is 3.63. The van der Waals surface area contributed by atoms with E-state index in [-0.39, 0.29) is 12.8 Å². The minimum absolute atomic E-state index is 0.250. The van der Waals surface area contributed by atoms with E-state index >= 15 is 0 Å². The first-order valence-corrected chi connectivity index (χ1v) is 11.8. The summed E-state index contributed by atoms with van der Waals surface area (Å²) < 4.78 is 10.8. The molecule has 3 N–H and O–H groups in total. The Bertz CT molecular complexity index is 1190. The molecule has 2 aromatic carbocycles. The summed E-state index contributed by atoms with van der Waals surface area (Å²) in [5.74, 6) is 1.54. The van der Waals surface area contributed by atoms with Crippen LogP contribution in [0.5, 0.6) is 11.5 Å². The molecule has 0 unspecified atom stereocenters. The number of thiophene rings is 1. The highest BCUT2D eigenvalue weighted by molar-refractivity contribution is 7.13. The van der Waals surface area contributed by atoms with Crippen molar-refractivity contribution in [2.75, 3.05) is 43.6 Å². The molecule has 1 fully saturated rings. The number of anilines is 2. The SMILES string of the molecule is O=C(O)Nc1ccc(-c2cccs2)cc1NC(=O)N1CCN(Cc2ccc3c(c2)OCO3)CC1. The van der Waals surface area contributed by atoms with E-state index in [4.69, 9.17) is 9.47 Å². The fraction of sp³-hybridized carbons (Fsp3) is 0.250. The van der Waals surface area contributed by atoms with Gasteiger partial charge in [0.05, 0.1) is 11.4 Å². The van der Waals surface area contributed by atoms with Gasteiger partial charge in [-0.3, -0.25) is 10.2 Å². The molecule has 1 aromatic heterocycles. The van der Waals surface area contributed by atoms with Crippen LogP contribution in [-0.2, 0) is 6.54 Å². The van der Waals surface area contributed by atoms with Crippen molar-refractivity contribution in [3.63, 3.8) is 0 Å². The Morgan fingerprint density at radius 2 is 1.76 bits per heavy atom. The van der Waals surface area contributed by atoms with E-state index in [2.05, 4.69) is 15.5 Å². The number of carbonyl (C=O) groups excluding carboxylic acids is 1. The monoisotopic (exact) mass is 480 g/mol. The Hall–Kier alpha value is -3.76. The average Bonchev–Trinajstić information content (AvgIpc) is 3.52. The lowest BCUT2D eigenvalue weighted by atomic mass is 10.1. The van der Waals surface area contributed by atoms with Crippen LogP contribution in [-0.4, -0.2) is 60.0 Å². The van der Waals surface area contributed by atoms with Crippen LogP contribution in [0, 0.1) is 0 Å². The van der Waals surface area contributed by atoms with Gasteiger partial charge in [-0.05, 0) is 46.8 Å². The van der Waals surface area contributed by atoms with Crippen LogP contribution in [0.25, 0.3) is 10.4 Å². The number of hydrogen-bond acceptors (Lipinski definition) is 6. The third-order valence-corrected chi connectivity index (χ3v) is 6.73. The number of nitrogens with zero attached hydrogens (tertiary/aromatic N) is 2. The molecule has 9 nitrogen and oxygen atoms in total. The van der Waals surface area contributed by atoms with Crippen molar-refractivity contribution >= 4 is 34.8 Å². The topological polar surface area (TPSA) is 103 Å². The fourth-order valence-electron chi connectivity index (χ4n) is 4.07. The maximum atomic E-state index is 13.0. The second kappa shape index (κ2) is 9.62. The van der Waals surface area contributed by atoms with Gasteiger partial charge in [0, 0.05) is 37.6 Å². The maximum absolute atomic E-state index is 13.0. The van der Waals surface area contributed by atoms with Crippen LogP contribution < -0.4 is 20.1 Å². The summed E-state index contributed by atoms with van der Waals surface area (Å²) in [5, 5.41) is 16.4. The molecule has 0 bridgehead atoms. The summed E-state index contributed by atoms with van der Waals surface area (Å²) in [4.78, 5) is 29.3. The van der Waals surface area contributed by atoms with Crippen molar-refractivity contribution in [1.82, 2.24) is 9.80 Å². The van der Waals surface area contributed by atoms with Crippen molar-refractivity contribution in [2.45, 2.75) is 6.54 Å². The van der Waals surface area contributed by atoms with Crippen molar-refractivity contribution < 1.29 is 24.2 Å². The zero-order chi connectivity index (χ0) is 23.5. The van der Waals surface area contributed by atoms with E-state index in [1.54, 1.807) is 28.4 Å². The Balaban J connectivity index is 1.22. The van der Waals surface area contributed by atoms with Crippen LogP contribution in [0.2, 0.25) is 0 Å². The number of urea groups is 1. The first-order chi connectivity index (χ1) is 16.5. The highest BCUT2D eigenvalue weighted by atomic mass is 32.1. The largest absolute Gasteiger partial charge is 0.465 e. The van der Waals surface area contributed by atoms with Gasteiger partial charge in [-0.1, -0.05) is 18.2 Å². The van der Waals surface area contributed by atoms with E-state index in [1.807, 2.05) is 41.8 Å². The number of rotatable bonds is 5. The minimum Gasteiger partial charge on any atom is -0.465 e. The van der Waals surface area contributed by atoms with Gasteiger partial charge < -0.3 is 24.8 Å². The first kappa shape index (κ1) is 22.1. The van der Waals surface area contributed by atoms with E-state index in [0.29, 0.717) is 24.5 Å². The quantitative estimate of drug-likeness (QED) is 0.494. The number of amides is 3. The molecule has 10 heteroatoms. The normalized spacial score (nSPS) is 15.2. The molecule has 3 heterocycles.